The molecule has 1 aromatic rings. The van der Waals surface area contributed by atoms with Crippen LogP contribution in [0, 0.1) is 0 Å². The minimum absolute atomic E-state index is 0.174. The summed E-state index contributed by atoms with van der Waals surface area (Å²) in [6, 6.07) is 6.91. The Balaban J connectivity index is 1.71. The zero-order chi connectivity index (χ0) is 17.2. The molecule has 0 bridgehead atoms. The molecule has 1 aliphatic rings. The molecule has 0 saturated carbocycles. The van der Waals surface area contributed by atoms with Gasteiger partial charge in [-0.2, -0.15) is 0 Å². The molecule has 24 heavy (non-hydrogen) atoms. The van der Waals surface area contributed by atoms with E-state index in [2.05, 4.69) is 10.6 Å². The summed E-state index contributed by atoms with van der Waals surface area (Å²) in [5.74, 6) is 0.450. The summed E-state index contributed by atoms with van der Waals surface area (Å²) in [6.45, 7) is 5.05. The molecule has 0 aliphatic carbocycles. The predicted octanol–water partition coefficient (Wildman–Crippen LogP) is 1.89. The lowest BCUT2D eigenvalue weighted by Crippen LogP contribution is -2.42. The summed E-state index contributed by atoms with van der Waals surface area (Å²) in [7, 11) is 0. The van der Waals surface area contributed by atoms with Gasteiger partial charge >= 0.3 is 0 Å². The van der Waals surface area contributed by atoms with E-state index in [0.717, 1.165) is 19.4 Å². The Labute approximate surface area is 147 Å². The standard InChI is InChI=1S/C17H24N2O4S/c1-2-21-10-11-23-14-7-5-13(6-8-14)16(20)19-17(24)18-12-15-4-3-9-22-15/h5-8,15H,2-4,9-12H2,1H3,(H2,18,19,20,24). The first-order chi connectivity index (χ1) is 11.7. The van der Waals surface area contributed by atoms with Gasteiger partial charge in [-0.1, -0.05) is 0 Å². The van der Waals surface area contributed by atoms with E-state index in [9.17, 15) is 4.79 Å². The van der Waals surface area contributed by atoms with Crippen molar-refractivity contribution in [1.29, 1.82) is 0 Å². The first-order valence-electron chi connectivity index (χ1n) is 8.20. The quantitative estimate of drug-likeness (QED) is 0.550. The first-order valence-corrected chi connectivity index (χ1v) is 8.61. The minimum Gasteiger partial charge on any atom is -0.491 e. The van der Waals surface area contributed by atoms with Gasteiger partial charge in [-0.15, -0.1) is 0 Å². The molecule has 1 saturated heterocycles. The monoisotopic (exact) mass is 352 g/mol. The van der Waals surface area contributed by atoms with Gasteiger partial charge in [0.05, 0.1) is 12.7 Å². The average Bonchev–Trinajstić information content (AvgIpc) is 3.11. The zero-order valence-corrected chi connectivity index (χ0v) is 14.7. The van der Waals surface area contributed by atoms with Gasteiger partial charge in [0.1, 0.15) is 12.4 Å². The maximum absolute atomic E-state index is 12.1. The van der Waals surface area contributed by atoms with E-state index in [1.807, 2.05) is 6.92 Å². The van der Waals surface area contributed by atoms with Crippen LogP contribution in [-0.2, 0) is 9.47 Å². The summed E-state index contributed by atoms with van der Waals surface area (Å²) in [4.78, 5) is 12.1. The lowest BCUT2D eigenvalue weighted by molar-refractivity contribution is 0.0972. The van der Waals surface area contributed by atoms with E-state index in [-0.39, 0.29) is 12.0 Å². The molecular weight excluding hydrogens is 328 g/mol. The van der Waals surface area contributed by atoms with Crippen molar-refractivity contribution >= 4 is 23.2 Å². The van der Waals surface area contributed by atoms with E-state index in [1.165, 1.54) is 0 Å². The molecule has 1 aliphatic heterocycles. The summed E-state index contributed by atoms with van der Waals surface area (Å²) in [6.07, 6.45) is 2.27. The third-order valence-electron chi connectivity index (χ3n) is 3.56. The highest BCUT2D eigenvalue weighted by molar-refractivity contribution is 7.80. The fraction of sp³-hybridized carbons (Fsp3) is 0.529. The van der Waals surface area contributed by atoms with Crippen molar-refractivity contribution in [1.82, 2.24) is 10.6 Å². The largest absolute Gasteiger partial charge is 0.491 e. The normalized spacial score (nSPS) is 16.6. The first kappa shape index (κ1) is 18.6. The number of amides is 1. The molecular formula is C17H24N2O4S. The van der Waals surface area contributed by atoms with Crippen LogP contribution in [0.25, 0.3) is 0 Å². The molecule has 1 atom stereocenters. The summed E-state index contributed by atoms with van der Waals surface area (Å²) < 4.78 is 16.2. The van der Waals surface area contributed by atoms with Crippen molar-refractivity contribution in [2.24, 2.45) is 0 Å². The molecule has 1 aromatic carbocycles. The number of hydrogen-bond acceptors (Lipinski definition) is 5. The third-order valence-corrected chi connectivity index (χ3v) is 3.80. The fourth-order valence-corrected chi connectivity index (χ4v) is 2.47. The van der Waals surface area contributed by atoms with Crippen LogP contribution in [0.15, 0.2) is 24.3 Å². The number of thiocarbonyl (C=S) groups is 1. The molecule has 0 spiro atoms. The van der Waals surface area contributed by atoms with Gasteiger partial charge in [-0.05, 0) is 56.2 Å². The molecule has 7 heteroatoms. The molecule has 6 nitrogen and oxygen atoms in total. The number of ether oxygens (including phenoxy) is 3. The summed E-state index contributed by atoms with van der Waals surface area (Å²) in [5.41, 5.74) is 0.522. The summed E-state index contributed by atoms with van der Waals surface area (Å²) in [5, 5.41) is 5.99. The van der Waals surface area contributed by atoms with Crippen molar-refractivity contribution in [2.75, 3.05) is 33.0 Å². The molecule has 0 aromatic heterocycles. The second-order valence-corrected chi connectivity index (χ2v) is 5.78. The number of rotatable bonds is 8. The Morgan fingerprint density at radius 3 is 2.79 bits per heavy atom. The highest BCUT2D eigenvalue weighted by Gasteiger charge is 2.16. The Kier molecular flexibility index (Phi) is 7.94. The lowest BCUT2D eigenvalue weighted by atomic mass is 10.2. The van der Waals surface area contributed by atoms with E-state index < -0.39 is 0 Å². The van der Waals surface area contributed by atoms with Crippen LogP contribution < -0.4 is 15.4 Å². The molecule has 1 heterocycles. The Morgan fingerprint density at radius 2 is 2.12 bits per heavy atom. The minimum atomic E-state index is -0.249. The van der Waals surface area contributed by atoms with Gasteiger partial charge in [0.25, 0.3) is 5.91 Å². The average molecular weight is 352 g/mol. The van der Waals surface area contributed by atoms with Gasteiger partial charge in [0.15, 0.2) is 5.11 Å². The maximum atomic E-state index is 12.1. The second kappa shape index (κ2) is 10.2. The van der Waals surface area contributed by atoms with E-state index in [1.54, 1.807) is 24.3 Å². The van der Waals surface area contributed by atoms with E-state index in [4.69, 9.17) is 26.4 Å². The smallest absolute Gasteiger partial charge is 0.257 e. The number of hydrogen-bond donors (Lipinski definition) is 2. The van der Waals surface area contributed by atoms with Crippen LogP contribution in [0.3, 0.4) is 0 Å². The van der Waals surface area contributed by atoms with Crippen molar-refractivity contribution in [3.8, 4) is 5.75 Å². The number of carbonyl (C=O) groups excluding carboxylic acids is 1. The van der Waals surface area contributed by atoms with Crippen molar-refractivity contribution < 1.29 is 19.0 Å². The topological polar surface area (TPSA) is 68.8 Å². The van der Waals surface area contributed by atoms with Crippen LogP contribution in [0.2, 0.25) is 0 Å². The summed E-state index contributed by atoms with van der Waals surface area (Å²) >= 11 is 5.14. The van der Waals surface area contributed by atoms with Gasteiger partial charge in [0.2, 0.25) is 0 Å². The molecule has 0 radical (unpaired) electrons. The molecule has 2 rings (SSSR count). The number of nitrogens with one attached hydrogen (secondary N) is 2. The van der Waals surface area contributed by atoms with E-state index >= 15 is 0 Å². The zero-order valence-electron chi connectivity index (χ0n) is 13.9. The van der Waals surface area contributed by atoms with E-state index in [0.29, 0.717) is 42.8 Å². The fourth-order valence-electron chi connectivity index (χ4n) is 2.30. The third kappa shape index (κ3) is 6.43. The van der Waals surface area contributed by atoms with Crippen molar-refractivity contribution in [2.45, 2.75) is 25.9 Å². The lowest BCUT2D eigenvalue weighted by Gasteiger charge is -2.13. The molecule has 2 N–H and O–H groups in total. The van der Waals surface area contributed by atoms with Crippen LogP contribution in [0.4, 0.5) is 0 Å². The van der Waals surface area contributed by atoms with Crippen molar-refractivity contribution in [3.63, 3.8) is 0 Å². The Hall–Kier alpha value is -1.70. The van der Waals surface area contributed by atoms with Crippen LogP contribution in [-0.4, -0.2) is 50.1 Å². The van der Waals surface area contributed by atoms with Gasteiger partial charge in [-0.25, -0.2) is 0 Å². The Bertz CT molecular complexity index is 530. The highest BCUT2D eigenvalue weighted by atomic mass is 32.1. The number of benzene rings is 1. The van der Waals surface area contributed by atoms with Gasteiger partial charge in [0, 0.05) is 25.3 Å². The molecule has 1 fully saturated rings. The molecule has 1 amide bonds. The van der Waals surface area contributed by atoms with Crippen LogP contribution in [0.5, 0.6) is 5.75 Å². The van der Waals surface area contributed by atoms with Crippen LogP contribution >= 0.6 is 12.2 Å². The highest BCUT2D eigenvalue weighted by Crippen LogP contribution is 2.12. The SMILES string of the molecule is CCOCCOc1ccc(C(=O)NC(=S)NCC2CCCO2)cc1. The maximum Gasteiger partial charge on any atom is 0.257 e. The number of carbonyl (C=O) groups is 1. The second-order valence-electron chi connectivity index (χ2n) is 5.37. The van der Waals surface area contributed by atoms with Gasteiger partial charge in [-0.3, -0.25) is 10.1 Å². The predicted molar refractivity (Wildman–Crippen MR) is 95.5 cm³/mol. The van der Waals surface area contributed by atoms with Gasteiger partial charge < -0.3 is 19.5 Å². The molecule has 132 valence electrons. The van der Waals surface area contributed by atoms with Crippen molar-refractivity contribution in [3.05, 3.63) is 29.8 Å². The Morgan fingerprint density at radius 1 is 1.33 bits per heavy atom. The molecule has 1 unspecified atom stereocenters. The van der Waals surface area contributed by atoms with Crippen LogP contribution in [0.1, 0.15) is 30.1 Å².